The first-order valence-corrected chi connectivity index (χ1v) is 12.0. The second-order valence-electron chi connectivity index (χ2n) is 7.59. The van der Waals surface area contributed by atoms with E-state index in [9.17, 15) is 13.2 Å². The van der Waals surface area contributed by atoms with E-state index >= 15 is 0 Å². The zero-order valence-electron chi connectivity index (χ0n) is 17.2. The molecule has 1 N–H and O–H groups in total. The van der Waals surface area contributed by atoms with Crippen LogP contribution in [-0.4, -0.2) is 55.8 Å². The molecular formula is C23H24ClN3O3S. The molecule has 1 saturated heterocycles. The van der Waals surface area contributed by atoms with Gasteiger partial charge in [0.25, 0.3) is 0 Å². The summed E-state index contributed by atoms with van der Waals surface area (Å²) in [7, 11) is -3.57. The summed E-state index contributed by atoms with van der Waals surface area (Å²) in [4.78, 5) is 15.1. The van der Waals surface area contributed by atoms with Gasteiger partial charge in [-0.3, -0.25) is 9.69 Å². The average molecular weight is 458 g/mol. The predicted molar refractivity (Wildman–Crippen MR) is 124 cm³/mol. The van der Waals surface area contributed by atoms with Crippen molar-refractivity contribution in [3.63, 3.8) is 0 Å². The van der Waals surface area contributed by atoms with Gasteiger partial charge in [-0.1, -0.05) is 48.0 Å². The molecule has 4 rings (SSSR count). The average Bonchev–Trinajstić information content (AvgIpc) is 2.79. The van der Waals surface area contributed by atoms with Crippen LogP contribution in [0.1, 0.15) is 6.92 Å². The summed E-state index contributed by atoms with van der Waals surface area (Å²) in [6.07, 6.45) is 0. The maximum absolute atomic E-state index is 12.9. The third kappa shape index (κ3) is 4.60. The lowest BCUT2D eigenvalue weighted by atomic mass is 10.1. The first kappa shape index (κ1) is 21.8. The number of amides is 1. The Labute approximate surface area is 187 Å². The number of anilines is 1. The van der Waals surface area contributed by atoms with E-state index in [1.807, 2.05) is 54.3 Å². The second-order valence-corrected chi connectivity index (χ2v) is 9.96. The summed E-state index contributed by atoms with van der Waals surface area (Å²) >= 11 is 5.87. The zero-order valence-corrected chi connectivity index (χ0v) is 18.7. The number of nitrogens with zero attached hydrogens (tertiary/aromatic N) is 2. The lowest BCUT2D eigenvalue weighted by Gasteiger charge is -2.36. The van der Waals surface area contributed by atoms with Crippen molar-refractivity contribution in [3.8, 4) is 0 Å². The Morgan fingerprint density at radius 1 is 0.935 bits per heavy atom. The maximum atomic E-state index is 12.9. The van der Waals surface area contributed by atoms with Gasteiger partial charge in [0.05, 0.1) is 10.9 Å². The highest BCUT2D eigenvalue weighted by Gasteiger charge is 2.31. The van der Waals surface area contributed by atoms with Gasteiger partial charge in [-0.15, -0.1) is 0 Å². The van der Waals surface area contributed by atoms with E-state index in [1.165, 1.54) is 16.4 Å². The first-order valence-electron chi connectivity index (χ1n) is 10.1. The highest BCUT2D eigenvalue weighted by molar-refractivity contribution is 7.89. The molecule has 1 heterocycles. The largest absolute Gasteiger partial charge is 0.324 e. The molecule has 0 aliphatic carbocycles. The van der Waals surface area contributed by atoms with Crippen molar-refractivity contribution in [1.29, 1.82) is 0 Å². The number of fused-ring (bicyclic) bond motifs is 1. The molecule has 0 aromatic heterocycles. The Bertz CT molecular complexity index is 1180. The summed E-state index contributed by atoms with van der Waals surface area (Å²) in [6, 6.07) is 19.5. The van der Waals surface area contributed by atoms with E-state index in [1.54, 1.807) is 12.1 Å². The van der Waals surface area contributed by atoms with Gasteiger partial charge in [0, 0.05) is 42.3 Å². The minimum absolute atomic E-state index is 0.106. The van der Waals surface area contributed by atoms with Crippen LogP contribution in [-0.2, 0) is 14.8 Å². The fourth-order valence-electron chi connectivity index (χ4n) is 3.82. The Balaban J connectivity index is 1.40. The Morgan fingerprint density at radius 3 is 2.29 bits per heavy atom. The first-order chi connectivity index (χ1) is 14.9. The number of rotatable bonds is 5. The molecule has 0 radical (unpaired) electrons. The quantitative estimate of drug-likeness (QED) is 0.632. The fraction of sp³-hybridized carbons (Fsp3) is 0.261. The van der Waals surface area contributed by atoms with Crippen molar-refractivity contribution >= 4 is 44.0 Å². The van der Waals surface area contributed by atoms with Crippen molar-refractivity contribution < 1.29 is 13.2 Å². The van der Waals surface area contributed by atoms with Gasteiger partial charge >= 0.3 is 0 Å². The molecule has 3 aromatic rings. The van der Waals surface area contributed by atoms with Crippen molar-refractivity contribution in [3.05, 3.63) is 71.8 Å². The van der Waals surface area contributed by atoms with Crippen LogP contribution in [0.2, 0.25) is 5.02 Å². The number of hydrogen-bond donors (Lipinski definition) is 1. The number of sulfonamides is 1. The molecule has 1 amide bonds. The summed E-state index contributed by atoms with van der Waals surface area (Å²) in [5.41, 5.74) is 0.777. The highest BCUT2D eigenvalue weighted by Crippen LogP contribution is 2.24. The number of carbonyl (C=O) groups is 1. The summed E-state index contributed by atoms with van der Waals surface area (Å²) in [5, 5.41) is 5.58. The smallest absolute Gasteiger partial charge is 0.243 e. The third-order valence-electron chi connectivity index (χ3n) is 5.70. The van der Waals surface area contributed by atoms with E-state index in [2.05, 4.69) is 5.32 Å². The van der Waals surface area contributed by atoms with Crippen LogP contribution < -0.4 is 5.32 Å². The normalized spacial score (nSPS) is 16.8. The molecule has 0 unspecified atom stereocenters. The molecule has 31 heavy (non-hydrogen) atoms. The Kier molecular flexibility index (Phi) is 6.29. The van der Waals surface area contributed by atoms with Crippen LogP contribution in [0.5, 0.6) is 0 Å². The molecule has 1 aliphatic rings. The number of hydrogen-bond acceptors (Lipinski definition) is 4. The van der Waals surface area contributed by atoms with Crippen molar-refractivity contribution in [2.75, 3.05) is 31.5 Å². The molecular weight excluding hydrogens is 434 g/mol. The van der Waals surface area contributed by atoms with Crippen molar-refractivity contribution in [2.45, 2.75) is 17.9 Å². The Hall–Kier alpha value is -2.45. The number of carbonyl (C=O) groups excluding carboxylic acids is 1. The van der Waals surface area contributed by atoms with Crippen molar-refractivity contribution in [1.82, 2.24) is 9.21 Å². The molecule has 1 fully saturated rings. The summed E-state index contributed by atoms with van der Waals surface area (Å²) < 4.78 is 27.2. The van der Waals surface area contributed by atoms with Gasteiger partial charge in [-0.05, 0) is 42.6 Å². The molecule has 0 saturated carbocycles. The van der Waals surface area contributed by atoms with E-state index in [-0.39, 0.29) is 16.8 Å². The monoisotopic (exact) mass is 457 g/mol. The van der Waals surface area contributed by atoms with Gasteiger partial charge < -0.3 is 5.32 Å². The molecule has 6 nitrogen and oxygen atoms in total. The Morgan fingerprint density at radius 2 is 1.58 bits per heavy atom. The van der Waals surface area contributed by atoms with Crippen LogP contribution >= 0.6 is 11.6 Å². The van der Waals surface area contributed by atoms with Gasteiger partial charge in [-0.25, -0.2) is 8.42 Å². The van der Waals surface area contributed by atoms with Crippen molar-refractivity contribution in [2.24, 2.45) is 0 Å². The topological polar surface area (TPSA) is 69.7 Å². The van der Waals surface area contributed by atoms with Crippen LogP contribution in [0.3, 0.4) is 0 Å². The van der Waals surface area contributed by atoms with Crippen LogP contribution in [0.4, 0.5) is 5.69 Å². The second kappa shape index (κ2) is 8.96. The van der Waals surface area contributed by atoms with Gasteiger partial charge in [0.2, 0.25) is 15.9 Å². The number of benzene rings is 3. The summed E-state index contributed by atoms with van der Waals surface area (Å²) in [5.74, 6) is -0.106. The highest BCUT2D eigenvalue weighted by atomic mass is 35.5. The van der Waals surface area contributed by atoms with E-state index in [0.29, 0.717) is 31.2 Å². The molecule has 3 aromatic carbocycles. The van der Waals surface area contributed by atoms with E-state index in [0.717, 1.165) is 16.5 Å². The predicted octanol–water partition coefficient (Wildman–Crippen LogP) is 3.83. The minimum atomic E-state index is -3.57. The molecule has 1 aliphatic heterocycles. The van der Waals surface area contributed by atoms with E-state index in [4.69, 9.17) is 11.6 Å². The third-order valence-corrected chi connectivity index (χ3v) is 7.86. The lowest BCUT2D eigenvalue weighted by Crippen LogP contribution is -2.53. The van der Waals surface area contributed by atoms with Gasteiger partial charge in [0.1, 0.15) is 0 Å². The summed E-state index contributed by atoms with van der Waals surface area (Å²) in [6.45, 7) is 3.48. The maximum Gasteiger partial charge on any atom is 0.243 e. The minimum Gasteiger partial charge on any atom is -0.324 e. The van der Waals surface area contributed by atoms with Crippen LogP contribution in [0.15, 0.2) is 71.6 Å². The molecule has 1 atom stereocenters. The van der Waals surface area contributed by atoms with Crippen LogP contribution in [0.25, 0.3) is 10.8 Å². The zero-order chi connectivity index (χ0) is 22.0. The fourth-order valence-corrected chi connectivity index (χ4v) is 5.37. The molecule has 8 heteroatoms. The number of halogens is 1. The molecule has 162 valence electrons. The number of piperazine rings is 1. The molecule has 0 bridgehead atoms. The lowest BCUT2D eigenvalue weighted by molar-refractivity contribution is -0.121. The SMILES string of the molecule is C[C@H](C(=O)Nc1cccc2ccccc12)N1CCN(S(=O)(=O)c2ccc(Cl)cc2)CC1. The van der Waals surface area contributed by atoms with E-state index < -0.39 is 10.0 Å². The van der Waals surface area contributed by atoms with Gasteiger partial charge in [-0.2, -0.15) is 4.31 Å². The standard InChI is InChI=1S/C23H24ClN3O3S/c1-17(23(28)25-22-8-4-6-18-5-2-3-7-21(18)22)26-13-15-27(16-14-26)31(29,30)20-11-9-19(24)10-12-20/h2-12,17H,13-16H2,1H3,(H,25,28)/t17-/m1/s1. The number of nitrogens with one attached hydrogen (secondary N) is 1. The molecule has 0 spiro atoms. The van der Waals surface area contributed by atoms with Crippen LogP contribution in [0, 0.1) is 0 Å². The van der Waals surface area contributed by atoms with Gasteiger partial charge in [0.15, 0.2) is 0 Å².